The molecule has 3 aromatic heterocycles. The average molecular weight is 563 g/mol. The standard InChI is InChI=1S/C27H30N6O4.2C2H6/c1-4-36-27(35)31-26-29-23-14-18(17-7-12-33(3)24(34)15-17)13-21(25(23)30-26)22-6-5-20(16-28-22)37-19-8-10-32(2)11-9-19;2*1-2/h5-7,12-16,19H,4,8-11H2,1-3H3,(H2,29,30,31,35);2*1-2H3. The molecule has 0 aliphatic carbocycles. The molecule has 0 atom stereocenters. The van der Waals surface area contributed by atoms with E-state index in [0.29, 0.717) is 16.7 Å². The number of nitrogens with one attached hydrogen (secondary N) is 2. The van der Waals surface area contributed by atoms with Crippen LogP contribution in [-0.2, 0) is 11.8 Å². The predicted molar refractivity (Wildman–Crippen MR) is 164 cm³/mol. The molecule has 0 radical (unpaired) electrons. The fraction of sp³-hybridized carbons (Fsp3) is 0.419. The van der Waals surface area contributed by atoms with Gasteiger partial charge in [-0.15, -0.1) is 0 Å². The van der Waals surface area contributed by atoms with Crippen molar-refractivity contribution in [2.24, 2.45) is 7.05 Å². The maximum absolute atomic E-state index is 12.3. The zero-order chi connectivity index (χ0) is 29.9. The van der Waals surface area contributed by atoms with Gasteiger partial charge in [0.05, 0.1) is 29.5 Å². The topological polar surface area (TPSA) is 114 Å². The number of ether oxygens (including phenoxy) is 2. The first kappa shape index (κ1) is 31.3. The first-order chi connectivity index (χ1) is 19.9. The Morgan fingerprint density at radius 2 is 1.78 bits per heavy atom. The number of aromatic nitrogens is 4. The third-order valence-corrected chi connectivity index (χ3v) is 6.50. The fourth-order valence-electron chi connectivity index (χ4n) is 4.44. The molecule has 10 heteroatoms. The van der Waals surface area contributed by atoms with Crippen molar-refractivity contribution >= 4 is 23.1 Å². The van der Waals surface area contributed by atoms with Crippen LogP contribution >= 0.6 is 0 Å². The van der Waals surface area contributed by atoms with Crippen LogP contribution in [0.25, 0.3) is 33.4 Å². The summed E-state index contributed by atoms with van der Waals surface area (Å²) < 4.78 is 12.7. The Bertz CT molecular complexity index is 1470. The molecule has 1 saturated heterocycles. The smallest absolute Gasteiger partial charge is 0.413 e. The van der Waals surface area contributed by atoms with Crippen molar-refractivity contribution in [3.63, 3.8) is 0 Å². The Labute approximate surface area is 241 Å². The van der Waals surface area contributed by atoms with Crippen LogP contribution in [0.5, 0.6) is 5.75 Å². The molecule has 1 aromatic carbocycles. The van der Waals surface area contributed by atoms with Gasteiger partial charge in [-0.25, -0.2) is 9.78 Å². The lowest BCUT2D eigenvalue weighted by Crippen LogP contribution is -2.35. The summed E-state index contributed by atoms with van der Waals surface area (Å²) >= 11 is 0. The molecule has 10 nitrogen and oxygen atoms in total. The van der Waals surface area contributed by atoms with E-state index in [1.165, 1.54) is 4.57 Å². The summed E-state index contributed by atoms with van der Waals surface area (Å²) in [6.45, 7) is 12.0. The molecule has 0 bridgehead atoms. The number of anilines is 1. The number of hydrogen-bond donors (Lipinski definition) is 2. The van der Waals surface area contributed by atoms with E-state index < -0.39 is 6.09 Å². The molecule has 41 heavy (non-hydrogen) atoms. The molecule has 0 saturated carbocycles. The highest BCUT2D eigenvalue weighted by atomic mass is 16.5. The number of pyridine rings is 2. The van der Waals surface area contributed by atoms with E-state index in [1.54, 1.807) is 32.4 Å². The number of carbonyl (C=O) groups is 1. The van der Waals surface area contributed by atoms with Gasteiger partial charge in [0.15, 0.2) is 0 Å². The van der Waals surface area contributed by atoms with Gasteiger partial charge < -0.3 is 23.9 Å². The SMILES string of the molecule is CC.CC.CCOC(=O)Nc1nc2c(-c3ccc(OC4CCN(C)CC4)cn3)cc(-c3ccn(C)c(=O)c3)cc2[nH]1. The molecule has 0 spiro atoms. The van der Waals surface area contributed by atoms with Crippen molar-refractivity contribution in [1.82, 2.24) is 24.4 Å². The second kappa shape index (κ2) is 15.0. The van der Waals surface area contributed by atoms with Crippen LogP contribution in [0.4, 0.5) is 10.7 Å². The van der Waals surface area contributed by atoms with Crippen molar-refractivity contribution in [2.45, 2.75) is 53.6 Å². The number of fused-ring (bicyclic) bond motifs is 1. The Morgan fingerprint density at radius 3 is 2.41 bits per heavy atom. The number of aryl methyl sites for hydroxylation is 1. The van der Waals surface area contributed by atoms with E-state index in [4.69, 9.17) is 9.47 Å². The van der Waals surface area contributed by atoms with Gasteiger partial charge in [-0.05, 0) is 68.3 Å². The largest absolute Gasteiger partial charge is 0.489 e. The van der Waals surface area contributed by atoms with E-state index in [9.17, 15) is 9.59 Å². The van der Waals surface area contributed by atoms with Crippen LogP contribution < -0.4 is 15.6 Å². The van der Waals surface area contributed by atoms with Crippen LogP contribution in [0.15, 0.2) is 53.6 Å². The predicted octanol–water partition coefficient (Wildman–Crippen LogP) is 6.08. The second-order valence-electron chi connectivity index (χ2n) is 9.22. The Balaban J connectivity index is 0.00000111. The maximum atomic E-state index is 12.3. The highest BCUT2D eigenvalue weighted by molar-refractivity contribution is 5.97. The number of aromatic amines is 1. The van der Waals surface area contributed by atoms with Gasteiger partial charge in [0.25, 0.3) is 5.56 Å². The van der Waals surface area contributed by atoms with Gasteiger partial charge in [0.2, 0.25) is 5.95 Å². The van der Waals surface area contributed by atoms with Crippen LogP contribution in [0, 0.1) is 0 Å². The second-order valence-corrected chi connectivity index (χ2v) is 9.22. The van der Waals surface area contributed by atoms with Crippen LogP contribution in [0.3, 0.4) is 0 Å². The van der Waals surface area contributed by atoms with E-state index >= 15 is 0 Å². The molecule has 5 rings (SSSR count). The third kappa shape index (κ3) is 7.94. The molecule has 1 aliphatic heterocycles. The van der Waals surface area contributed by atoms with E-state index in [2.05, 4.69) is 32.2 Å². The number of likely N-dealkylation sites (tertiary alicyclic amines) is 1. The monoisotopic (exact) mass is 562 g/mol. The molecule has 1 fully saturated rings. The Hall–Kier alpha value is -4.18. The molecule has 2 N–H and O–H groups in total. The van der Waals surface area contributed by atoms with Gasteiger partial charge in [-0.1, -0.05) is 27.7 Å². The first-order valence-electron chi connectivity index (χ1n) is 14.4. The van der Waals surface area contributed by atoms with Gasteiger partial charge in [0.1, 0.15) is 11.9 Å². The van der Waals surface area contributed by atoms with E-state index in [0.717, 1.165) is 48.4 Å². The highest BCUT2D eigenvalue weighted by Gasteiger charge is 2.19. The lowest BCUT2D eigenvalue weighted by molar-refractivity contribution is 0.114. The molecule has 1 aliphatic rings. The quantitative estimate of drug-likeness (QED) is 0.292. The maximum Gasteiger partial charge on any atom is 0.413 e. The van der Waals surface area contributed by atoms with Crippen LogP contribution in [-0.4, -0.2) is 63.4 Å². The minimum atomic E-state index is -0.594. The van der Waals surface area contributed by atoms with Gasteiger partial charge >= 0.3 is 6.09 Å². The molecule has 1 amide bonds. The number of rotatable bonds is 6. The molecule has 0 unspecified atom stereocenters. The number of nitrogens with zero attached hydrogens (tertiary/aromatic N) is 4. The number of hydrogen-bond acceptors (Lipinski definition) is 7. The number of piperidine rings is 1. The number of carbonyl (C=O) groups excluding carboxylic acids is 1. The summed E-state index contributed by atoms with van der Waals surface area (Å²) in [5, 5.41) is 2.62. The summed E-state index contributed by atoms with van der Waals surface area (Å²) in [4.78, 5) is 39.0. The summed E-state index contributed by atoms with van der Waals surface area (Å²) in [5.74, 6) is 0.988. The molecular weight excluding hydrogens is 520 g/mol. The normalized spacial score (nSPS) is 13.4. The van der Waals surface area contributed by atoms with Crippen molar-refractivity contribution in [2.75, 3.05) is 32.1 Å². The van der Waals surface area contributed by atoms with Crippen LogP contribution in [0.1, 0.15) is 47.5 Å². The third-order valence-electron chi connectivity index (χ3n) is 6.50. The Morgan fingerprint density at radius 1 is 1.05 bits per heavy atom. The number of imidazole rings is 1. The molecule has 220 valence electrons. The van der Waals surface area contributed by atoms with Crippen molar-refractivity contribution < 1.29 is 14.3 Å². The van der Waals surface area contributed by atoms with Crippen LogP contribution in [0.2, 0.25) is 0 Å². The number of H-pyrrole nitrogens is 1. The summed E-state index contributed by atoms with van der Waals surface area (Å²) in [6, 6.07) is 11.1. The van der Waals surface area contributed by atoms with E-state index in [1.807, 2.05) is 58.0 Å². The molecule has 4 heterocycles. The van der Waals surface area contributed by atoms with Crippen molar-refractivity contribution in [3.8, 4) is 28.1 Å². The molecule has 4 aromatic rings. The first-order valence-corrected chi connectivity index (χ1v) is 14.4. The van der Waals surface area contributed by atoms with Crippen molar-refractivity contribution in [3.05, 3.63) is 59.1 Å². The summed E-state index contributed by atoms with van der Waals surface area (Å²) in [7, 11) is 3.83. The van der Waals surface area contributed by atoms with Gasteiger partial charge in [0, 0.05) is 38.0 Å². The van der Waals surface area contributed by atoms with Gasteiger partial charge in [-0.3, -0.25) is 15.1 Å². The minimum absolute atomic E-state index is 0.109. The lowest BCUT2D eigenvalue weighted by Gasteiger charge is -2.29. The fourth-order valence-corrected chi connectivity index (χ4v) is 4.44. The summed E-state index contributed by atoms with van der Waals surface area (Å²) in [5.41, 5.74) is 4.25. The zero-order valence-electron chi connectivity index (χ0n) is 25.2. The zero-order valence-corrected chi connectivity index (χ0v) is 25.2. The van der Waals surface area contributed by atoms with Gasteiger partial charge in [-0.2, -0.15) is 0 Å². The highest BCUT2D eigenvalue weighted by Crippen LogP contribution is 2.33. The average Bonchev–Trinajstić information content (AvgIpc) is 3.40. The molecular formula is C31H42N6O4. The Kier molecular flexibility index (Phi) is 11.5. The number of benzene rings is 1. The van der Waals surface area contributed by atoms with E-state index in [-0.39, 0.29) is 24.2 Å². The minimum Gasteiger partial charge on any atom is -0.489 e. The van der Waals surface area contributed by atoms with Crippen molar-refractivity contribution in [1.29, 1.82) is 0 Å². The lowest BCUT2D eigenvalue weighted by atomic mass is 10.0. The number of amides is 1. The summed E-state index contributed by atoms with van der Waals surface area (Å²) in [6.07, 6.45) is 5.03.